The maximum atomic E-state index is 12.2. The van der Waals surface area contributed by atoms with Crippen LogP contribution in [0.25, 0.3) is 20.9 Å². The van der Waals surface area contributed by atoms with Gasteiger partial charge in [-0.2, -0.15) is 0 Å². The standard InChI is InChI=1S/C17H16BrN7O2S/c1-17(2)14(26)25(16(27)24-17)6-5-20-15-21-7-9(18)12(23-15)13-22-10-3-4-19-8-11(10)28-13/h3-4,7-8H,5-6H2,1-2H3,(H,24,27)(H,20,21,23). The number of aromatic nitrogens is 4. The summed E-state index contributed by atoms with van der Waals surface area (Å²) < 4.78 is 1.69. The Hall–Kier alpha value is -2.66. The monoisotopic (exact) mass is 461 g/mol. The highest BCUT2D eigenvalue weighted by Crippen LogP contribution is 2.32. The molecule has 0 spiro atoms. The number of imide groups is 1. The molecule has 3 amide bonds. The molecule has 0 unspecified atom stereocenters. The number of carbonyl (C=O) groups is 2. The lowest BCUT2D eigenvalue weighted by molar-refractivity contribution is -0.130. The van der Waals surface area contributed by atoms with E-state index in [9.17, 15) is 9.59 Å². The lowest BCUT2D eigenvalue weighted by Gasteiger charge is -2.16. The normalized spacial score (nSPS) is 15.9. The number of fused-ring (bicyclic) bond motifs is 1. The smallest absolute Gasteiger partial charge is 0.325 e. The molecule has 144 valence electrons. The Morgan fingerprint density at radius 1 is 1.29 bits per heavy atom. The van der Waals surface area contributed by atoms with E-state index in [0.29, 0.717) is 18.2 Å². The Bertz CT molecular complexity index is 1050. The second kappa shape index (κ2) is 7.06. The number of hydrogen-bond acceptors (Lipinski definition) is 8. The van der Waals surface area contributed by atoms with Crippen LogP contribution in [0.2, 0.25) is 0 Å². The summed E-state index contributed by atoms with van der Waals surface area (Å²) in [6.07, 6.45) is 5.11. The molecule has 1 fully saturated rings. The summed E-state index contributed by atoms with van der Waals surface area (Å²) in [7, 11) is 0. The first kappa shape index (κ1) is 18.7. The number of halogens is 1. The van der Waals surface area contributed by atoms with Crippen molar-refractivity contribution in [3.05, 3.63) is 29.1 Å². The Morgan fingerprint density at radius 2 is 2.11 bits per heavy atom. The van der Waals surface area contributed by atoms with E-state index < -0.39 is 11.6 Å². The molecule has 3 aromatic heterocycles. The molecule has 4 heterocycles. The topological polar surface area (TPSA) is 113 Å². The molecule has 11 heteroatoms. The highest BCUT2D eigenvalue weighted by molar-refractivity contribution is 9.10. The van der Waals surface area contributed by atoms with Gasteiger partial charge in [0.1, 0.15) is 16.2 Å². The number of pyridine rings is 1. The molecule has 3 aromatic rings. The first-order valence-corrected chi connectivity index (χ1v) is 10.1. The van der Waals surface area contributed by atoms with Gasteiger partial charge in [0.25, 0.3) is 5.91 Å². The fraction of sp³-hybridized carbons (Fsp3) is 0.294. The number of carbonyl (C=O) groups excluding carboxylic acids is 2. The molecule has 1 saturated heterocycles. The van der Waals surface area contributed by atoms with E-state index in [1.54, 1.807) is 32.4 Å². The van der Waals surface area contributed by atoms with Crippen molar-refractivity contribution < 1.29 is 9.59 Å². The average molecular weight is 462 g/mol. The van der Waals surface area contributed by atoms with Crippen LogP contribution < -0.4 is 10.6 Å². The van der Waals surface area contributed by atoms with Gasteiger partial charge >= 0.3 is 6.03 Å². The number of anilines is 1. The molecule has 9 nitrogen and oxygen atoms in total. The summed E-state index contributed by atoms with van der Waals surface area (Å²) in [5, 5.41) is 6.46. The van der Waals surface area contributed by atoms with Gasteiger partial charge in [-0.25, -0.2) is 19.7 Å². The van der Waals surface area contributed by atoms with Crippen molar-refractivity contribution in [1.82, 2.24) is 30.2 Å². The highest BCUT2D eigenvalue weighted by atomic mass is 79.9. The van der Waals surface area contributed by atoms with Gasteiger partial charge in [0.2, 0.25) is 5.95 Å². The molecule has 1 aliphatic heterocycles. The van der Waals surface area contributed by atoms with Crippen LogP contribution in [-0.2, 0) is 4.79 Å². The third-order valence-electron chi connectivity index (χ3n) is 4.20. The number of amides is 3. The van der Waals surface area contributed by atoms with E-state index >= 15 is 0 Å². The van der Waals surface area contributed by atoms with Crippen molar-refractivity contribution in [2.75, 3.05) is 18.4 Å². The third-order valence-corrected chi connectivity index (χ3v) is 5.79. The predicted octanol–water partition coefficient (Wildman–Crippen LogP) is 2.65. The maximum Gasteiger partial charge on any atom is 0.325 e. The van der Waals surface area contributed by atoms with Crippen molar-refractivity contribution in [1.29, 1.82) is 0 Å². The van der Waals surface area contributed by atoms with Gasteiger partial charge in [0.05, 0.1) is 14.7 Å². The summed E-state index contributed by atoms with van der Waals surface area (Å²) in [6.45, 7) is 3.91. The van der Waals surface area contributed by atoms with E-state index in [1.165, 1.54) is 16.2 Å². The van der Waals surface area contributed by atoms with Gasteiger partial charge in [0, 0.05) is 31.7 Å². The first-order valence-electron chi connectivity index (χ1n) is 8.46. The zero-order valence-electron chi connectivity index (χ0n) is 15.1. The number of nitrogens with zero attached hydrogens (tertiary/aromatic N) is 5. The molecule has 0 atom stereocenters. The van der Waals surface area contributed by atoms with Crippen LogP contribution in [0.15, 0.2) is 29.1 Å². The second-order valence-corrected chi connectivity index (χ2v) is 8.58. The minimum absolute atomic E-state index is 0.218. The van der Waals surface area contributed by atoms with Crippen LogP contribution in [0.5, 0.6) is 0 Å². The number of urea groups is 1. The zero-order valence-corrected chi connectivity index (χ0v) is 17.5. The summed E-state index contributed by atoms with van der Waals surface area (Å²) in [5.41, 5.74) is 0.645. The number of nitrogens with one attached hydrogen (secondary N) is 2. The fourth-order valence-electron chi connectivity index (χ4n) is 2.78. The van der Waals surface area contributed by atoms with E-state index in [1.807, 2.05) is 6.07 Å². The third kappa shape index (κ3) is 3.42. The number of hydrogen-bond donors (Lipinski definition) is 2. The van der Waals surface area contributed by atoms with Crippen molar-refractivity contribution in [2.24, 2.45) is 0 Å². The van der Waals surface area contributed by atoms with Crippen molar-refractivity contribution in [2.45, 2.75) is 19.4 Å². The van der Waals surface area contributed by atoms with Gasteiger partial charge in [-0.3, -0.25) is 14.7 Å². The minimum Gasteiger partial charge on any atom is -0.352 e. The molecule has 0 saturated carbocycles. The van der Waals surface area contributed by atoms with Crippen LogP contribution >= 0.6 is 27.3 Å². The molecular formula is C17H16BrN7O2S. The SMILES string of the molecule is CC1(C)NC(=O)N(CCNc2ncc(Br)c(-c3nc4ccncc4s3)n2)C1=O. The Balaban J connectivity index is 1.48. The molecular weight excluding hydrogens is 446 g/mol. The van der Waals surface area contributed by atoms with Crippen LogP contribution in [0.4, 0.5) is 10.7 Å². The van der Waals surface area contributed by atoms with Crippen LogP contribution in [0.3, 0.4) is 0 Å². The summed E-state index contributed by atoms with van der Waals surface area (Å²) in [4.78, 5) is 42.8. The van der Waals surface area contributed by atoms with Gasteiger partial charge in [-0.15, -0.1) is 11.3 Å². The maximum absolute atomic E-state index is 12.2. The van der Waals surface area contributed by atoms with Gasteiger partial charge in [0.15, 0.2) is 0 Å². The van der Waals surface area contributed by atoms with E-state index in [4.69, 9.17) is 0 Å². The second-order valence-electron chi connectivity index (χ2n) is 6.69. The minimum atomic E-state index is -0.875. The zero-order chi connectivity index (χ0) is 19.9. The Kier molecular flexibility index (Phi) is 4.71. The summed E-state index contributed by atoms with van der Waals surface area (Å²) in [6, 6.07) is 1.46. The predicted molar refractivity (Wildman–Crippen MR) is 109 cm³/mol. The van der Waals surface area contributed by atoms with Gasteiger partial charge in [-0.05, 0) is 35.8 Å². The summed E-state index contributed by atoms with van der Waals surface area (Å²) in [5.74, 6) is 0.140. The first-order chi connectivity index (χ1) is 13.3. The largest absolute Gasteiger partial charge is 0.352 e. The van der Waals surface area contributed by atoms with Crippen molar-refractivity contribution in [3.63, 3.8) is 0 Å². The van der Waals surface area contributed by atoms with Gasteiger partial charge in [-0.1, -0.05) is 0 Å². The van der Waals surface area contributed by atoms with Crippen LogP contribution in [0.1, 0.15) is 13.8 Å². The molecule has 2 N–H and O–H groups in total. The molecule has 0 bridgehead atoms. The van der Waals surface area contributed by atoms with Crippen molar-refractivity contribution in [3.8, 4) is 10.7 Å². The highest BCUT2D eigenvalue weighted by Gasteiger charge is 2.43. The molecule has 28 heavy (non-hydrogen) atoms. The van der Waals surface area contributed by atoms with Crippen LogP contribution in [-0.4, -0.2) is 55.4 Å². The average Bonchev–Trinajstić information content (AvgIpc) is 3.16. The molecule has 4 rings (SSSR count). The van der Waals surface area contributed by atoms with E-state index in [0.717, 1.165) is 19.7 Å². The van der Waals surface area contributed by atoms with E-state index in [-0.39, 0.29) is 12.5 Å². The quantitative estimate of drug-likeness (QED) is 0.561. The van der Waals surface area contributed by atoms with Crippen molar-refractivity contribution >= 4 is 55.4 Å². The molecule has 1 aliphatic rings. The molecule has 0 aliphatic carbocycles. The Morgan fingerprint density at radius 3 is 2.82 bits per heavy atom. The Labute approximate surface area is 172 Å². The molecule has 0 radical (unpaired) electrons. The fourth-order valence-corrected chi connectivity index (χ4v) is 4.23. The lowest BCUT2D eigenvalue weighted by atomic mass is 10.1. The summed E-state index contributed by atoms with van der Waals surface area (Å²) >= 11 is 4.96. The van der Waals surface area contributed by atoms with Crippen LogP contribution in [0, 0.1) is 0 Å². The molecule has 0 aromatic carbocycles. The number of rotatable bonds is 5. The van der Waals surface area contributed by atoms with E-state index in [2.05, 4.69) is 46.5 Å². The number of thiazole rings is 1. The lowest BCUT2D eigenvalue weighted by Crippen LogP contribution is -2.40. The van der Waals surface area contributed by atoms with Gasteiger partial charge < -0.3 is 10.6 Å².